The second-order valence-corrected chi connectivity index (χ2v) is 7.70. The molecule has 0 aliphatic heterocycles. The highest BCUT2D eigenvalue weighted by Gasteiger charge is 2.51. The lowest BCUT2D eigenvalue weighted by molar-refractivity contribution is -0.119. The summed E-state index contributed by atoms with van der Waals surface area (Å²) in [5, 5.41) is 2.98. The summed E-state index contributed by atoms with van der Waals surface area (Å²) in [4.78, 5) is 37.9. The van der Waals surface area contributed by atoms with E-state index in [0.29, 0.717) is 11.3 Å². The Morgan fingerprint density at radius 2 is 1.61 bits per heavy atom. The van der Waals surface area contributed by atoms with Crippen LogP contribution in [-0.4, -0.2) is 24.8 Å². The van der Waals surface area contributed by atoms with Gasteiger partial charge in [0.1, 0.15) is 0 Å². The van der Waals surface area contributed by atoms with E-state index >= 15 is 0 Å². The van der Waals surface area contributed by atoms with E-state index in [0.717, 1.165) is 36.9 Å². The molecule has 6 nitrogen and oxygen atoms in total. The van der Waals surface area contributed by atoms with Crippen LogP contribution >= 0.6 is 0 Å². The van der Waals surface area contributed by atoms with Crippen molar-refractivity contribution >= 4 is 29.1 Å². The molecule has 0 radical (unpaired) electrons. The molecule has 2 fully saturated rings. The van der Waals surface area contributed by atoms with E-state index in [9.17, 15) is 14.4 Å². The third-order valence-corrected chi connectivity index (χ3v) is 5.68. The lowest BCUT2D eigenvalue weighted by Gasteiger charge is -2.19. The SMILES string of the molecule is CN(C(=O)C1CC1)c1ccc(NC(=O)C2(c3ccc(C(N)=O)cc3)CC2)cc1. The van der Waals surface area contributed by atoms with Gasteiger partial charge in [-0.25, -0.2) is 0 Å². The number of carbonyl (C=O) groups is 3. The Bertz CT molecular complexity index is 927. The van der Waals surface area contributed by atoms with Crippen LogP contribution < -0.4 is 16.0 Å². The van der Waals surface area contributed by atoms with Crippen LogP contribution in [0.5, 0.6) is 0 Å². The lowest BCUT2D eigenvalue weighted by Crippen LogP contribution is -2.28. The molecule has 144 valence electrons. The van der Waals surface area contributed by atoms with Crippen molar-refractivity contribution in [1.29, 1.82) is 0 Å². The van der Waals surface area contributed by atoms with Crippen molar-refractivity contribution in [2.45, 2.75) is 31.1 Å². The molecule has 0 heterocycles. The average Bonchev–Trinajstić information content (AvgIpc) is 3.61. The van der Waals surface area contributed by atoms with Gasteiger partial charge in [0.15, 0.2) is 0 Å². The molecule has 0 atom stereocenters. The van der Waals surface area contributed by atoms with E-state index in [2.05, 4.69) is 5.32 Å². The van der Waals surface area contributed by atoms with Crippen molar-refractivity contribution in [2.24, 2.45) is 11.7 Å². The van der Waals surface area contributed by atoms with Gasteiger partial charge in [-0.3, -0.25) is 14.4 Å². The van der Waals surface area contributed by atoms with Gasteiger partial charge < -0.3 is 16.0 Å². The molecule has 4 rings (SSSR count). The molecular weight excluding hydrogens is 354 g/mol. The molecule has 2 aromatic rings. The van der Waals surface area contributed by atoms with Crippen molar-refractivity contribution in [3.63, 3.8) is 0 Å². The first-order chi connectivity index (χ1) is 13.4. The minimum Gasteiger partial charge on any atom is -0.366 e. The van der Waals surface area contributed by atoms with Gasteiger partial charge in [-0.1, -0.05) is 12.1 Å². The van der Waals surface area contributed by atoms with E-state index in [4.69, 9.17) is 5.73 Å². The Morgan fingerprint density at radius 1 is 1.00 bits per heavy atom. The Labute approximate surface area is 163 Å². The van der Waals surface area contributed by atoms with Crippen LogP contribution in [0.1, 0.15) is 41.6 Å². The van der Waals surface area contributed by atoms with Crippen LogP contribution in [0, 0.1) is 5.92 Å². The predicted molar refractivity (Wildman–Crippen MR) is 107 cm³/mol. The summed E-state index contributed by atoms with van der Waals surface area (Å²) in [5.41, 5.74) is 7.57. The number of carbonyl (C=O) groups excluding carboxylic acids is 3. The van der Waals surface area contributed by atoms with Gasteiger partial charge in [-0.05, 0) is 67.6 Å². The fourth-order valence-corrected chi connectivity index (χ4v) is 3.48. The largest absolute Gasteiger partial charge is 0.366 e. The first-order valence-corrected chi connectivity index (χ1v) is 9.50. The molecule has 28 heavy (non-hydrogen) atoms. The molecular formula is C22H23N3O3. The Balaban J connectivity index is 1.44. The van der Waals surface area contributed by atoms with Crippen LogP contribution in [0.3, 0.4) is 0 Å². The Morgan fingerprint density at radius 3 is 2.11 bits per heavy atom. The minimum absolute atomic E-state index is 0.0607. The van der Waals surface area contributed by atoms with Crippen LogP contribution in [0.25, 0.3) is 0 Å². The molecule has 2 aliphatic carbocycles. The molecule has 0 unspecified atom stereocenters. The number of anilines is 2. The zero-order valence-electron chi connectivity index (χ0n) is 15.8. The topological polar surface area (TPSA) is 92.5 Å². The summed E-state index contributed by atoms with van der Waals surface area (Å²) in [6, 6.07) is 14.2. The van der Waals surface area contributed by atoms with Crippen molar-refractivity contribution in [1.82, 2.24) is 0 Å². The third kappa shape index (κ3) is 3.38. The van der Waals surface area contributed by atoms with Crippen LogP contribution in [0.15, 0.2) is 48.5 Å². The standard InChI is InChI=1S/C22H23N3O3/c1-25(20(27)15-2-3-15)18-10-8-17(9-11-18)24-21(28)22(12-13-22)16-6-4-14(5-7-16)19(23)26/h4-11,15H,2-3,12-13H2,1H3,(H2,23,26)(H,24,28). The Hall–Kier alpha value is -3.15. The molecule has 0 spiro atoms. The highest BCUT2D eigenvalue weighted by molar-refractivity contribution is 6.02. The molecule has 2 aliphatic rings. The summed E-state index contributed by atoms with van der Waals surface area (Å²) in [7, 11) is 1.78. The Kier molecular flexibility index (Phi) is 4.41. The number of hydrogen-bond donors (Lipinski definition) is 2. The zero-order chi connectivity index (χ0) is 19.9. The smallest absolute Gasteiger partial charge is 0.248 e. The maximum absolute atomic E-state index is 12.9. The van der Waals surface area contributed by atoms with Crippen LogP contribution in [0.2, 0.25) is 0 Å². The van der Waals surface area contributed by atoms with Crippen molar-refractivity contribution in [2.75, 3.05) is 17.3 Å². The number of benzene rings is 2. The van der Waals surface area contributed by atoms with Gasteiger partial charge in [-0.15, -0.1) is 0 Å². The fourth-order valence-electron chi connectivity index (χ4n) is 3.48. The van der Waals surface area contributed by atoms with E-state index in [1.807, 2.05) is 24.3 Å². The molecule has 3 amide bonds. The number of rotatable bonds is 6. The number of hydrogen-bond acceptors (Lipinski definition) is 3. The molecule has 0 aromatic heterocycles. The van der Waals surface area contributed by atoms with Crippen LogP contribution in [0.4, 0.5) is 11.4 Å². The second kappa shape index (κ2) is 6.78. The number of nitrogens with one attached hydrogen (secondary N) is 1. The summed E-state index contributed by atoms with van der Waals surface area (Å²) in [6.45, 7) is 0. The summed E-state index contributed by atoms with van der Waals surface area (Å²) < 4.78 is 0. The third-order valence-electron chi connectivity index (χ3n) is 5.68. The summed E-state index contributed by atoms with van der Waals surface area (Å²) in [5.74, 6) is -0.228. The van der Waals surface area contributed by atoms with E-state index in [1.165, 1.54) is 0 Å². The minimum atomic E-state index is -0.548. The normalized spacial score (nSPS) is 16.9. The van der Waals surface area contributed by atoms with Crippen molar-refractivity contribution < 1.29 is 14.4 Å². The predicted octanol–water partition coefficient (Wildman–Crippen LogP) is 2.83. The number of amides is 3. The van der Waals surface area contributed by atoms with E-state index in [-0.39, 0.29) is 17.7 Å². The van der Waals surface area contributed by atoms with Gasteiger partial charge in [0.05, 0.1) is 5.41 Å². The highest BCUT2D eigenvalue weighted by atomic mass is 16.2. The molecule has 3 N–H and O–H groups in total. The number of nitrogens with zero attached hydrogens (tertiary/aromatic N) is 1. The summed E-state index contributed by atoms with van der Waals surface area (Å²) in [6.07, 6.45) is 3.48. The van der Waals surface area contributed by atoms with Gasteiger partial charge >= 0.3 is 0 Å². The average molecular weight is 377 g/mol. The molecule has 6 heteroatoms. The zero-order valence-corrected chi connectivity index (χ0v) is 15.8. The fraction of sp³-hybridized carbons (Fsp3) is 0.318. The van der Waals surface area contributed by atoms with Gasteiger partial charge in [-0.2, -0.15) is 0 Å². The maximum atomic E-state index is 12.9. The quantitative estimate of drug-likeness (QED) is 0.811. The molecule has 0 bridgehead atoms. The first-order valence-electron chi connectivity index (χ1n) is 9.50. The van der Waals surface area contributed by atoms with Crippen LogP contribution in [-0.2, 0) is 15.0 Å². The first kappa shape index (κ1) is 18.2. The molecule has 2 aromatic carbocycles. The van der Waals surface area contributed by atoms with E-state index < -0.39 is 11.3 Å². The maximum Gasteiger partial charge on any atom is 0.248 e. The van der Waals surface area contributed by atoms with Gasteiger partial charge in [0, 0.05) is 29.9 Å². The molecule has 0 saturated heterocycles. The van der Waals surface area contributed by atoms with Crippen molar-refractivity contribution in [3.8, 4) is 0 Å². The molecule has 2 saturated carbocycles. The highest BCUT2D eigenvalue weighted by Crippen LogP contribution is 2.49. The second-order valence-electron chi connectivity index (χ2n) is 7.70. The van der Waals surface area contributed by atoms with Crippen molar-refractivity contribution in [3.05, 3.63) is 59.7 Å². The summed E-state index contributed by atoms with van der Waals surface area (Å²) >= 11 is 0. The number of primary amides is 1. The lowest BCUT2D eigenvalue weighted by atomic mass is 9.94. The van der Waals surface area contributed by atoms with Gasteiger partial charge in [0.25, 0.3) is 0 Å². The monoisotopic (exact) mass is 377 g/mol. The number of nitrogens with two attached hydrogens (primary N) is 1. The van der Waals surface area contributed by atoms with E-state index in [1.54, 1.807) is 36.2 Å². The van der Waals surface area contributed by atoms with Gasteiger partial charge in [0.2, 0.25) is 17.7 Å².